The van der Waals surface area contributed by atoms with Crippen molar-refractivity contribution in [2.45, 2.75) is 50.9 Å². The van der Waals surface area contributed by atoms with Crippen molar-refractivity contribution < 1.29 is 18.0 Å². The van der Waals surface area contributed by atoms with Crippen LogP contribution >= 0.6 is 11.6 Å². The molecule has 1 aromatic heterocycles. The van der Waals surface area contributed by atoms with E-state index >= 15 is 0 Å². The Hall–Kier alpha value is -2.12. The molecule has 0 radical (unpaired) electrons. The average molecular weight is 452 g/mol. The van der Waals surface area contributed by atoms with Gasteiger partial charge in [0.1, 0.15) is 5.15 Å². The molecule has 0 bridgehead atoms. The monoisotopic (exact) mass is 451 g/mol. The predicted molar refractivity (Wildman–Crippen MR) is 114 cm³/mol. The van der Waals surface area contributed by atoms with E-state index in [1.165, 1.54) is 18.9 Å². The van der Waals surface area contributed by atoms with Gasteiger partial charge in [-0.05, 0) is 75.0 Å². The third-order valence-electron chi connectivity index (χ3n) is 6.43. The lowest BCUT2D eigenvalue weighted by atomic mass is 9.91. The Bertz CT molecular complexity index is 960. The number of piperidine rings is 1. The molecule has 3 heterocycles. The molecule has 0 aliphatic carbocycles. The zero-order chi connectivity index (χ0) is 22.2. The highest BCUT2D eigenvalue weighted by Crippen LogP contribution is 2.38. The summed E-state index contributed by atoms with van der Waals surface area (Å²) in [5.41, 5.74) is 1.63. The van der Waals surface area contributed by atoms with Crippen molar-refractivity contribution in [2.24, 2.45) is 0 Å². The fraction of sp³-hybridized carbons (Fsp3) is 0.478. The van der Waals surface area contributed by atoms with Crippen molar-refractivity contribution in [3.63, 3.8) is 0 Å². The second kappa shape index (κ2) is 8.79. The first-order valence-corrected chi connectivity index (χ1v) is 11.0. The molecule has 166 valence electrons. The Kier molecular flexibility index (Phi) is 6.26. The molecule has 31 heavy (non-hydrogen) atoms. The molecule has 0 spiro atoms. The second-order valence-electron chi connectivity index (χ2n) is 8.39. The number of hydrogen-bond donors (Lipinski definition) is 0. The van der Waals surface area contributed by atoms with E-state index in [-0.39, 0.29) is 11.2 Å². The number of aromatic nitrogens is 1. The van der Waals surface area contributed by atoms with Crippen LogP contribution < -0.4 is 0 Å². The minimum absolute atomic E-state index is 0.147. The van der Waals surface area contributed by atoms with Crippen LogP contribution in [0, 0.1) is 6.92 Å². The molecule has 8 heteroatoms. The SMILES string of the molecule is Cc1cc(-c2cccc(C(F)(F)F)c2)c(Cl)nc1C1CC(N2CCCC2)CCN1C=O. The van der Waals surface area contributed by atoms with E-state index in [2.05, 4.69) is 9.88 Å². The van der Waals surface area contributed by atoms with Gasteiger partial charge in [-0.1, -0.05) is 23.7 Å². The Balaban J connectivity index is 1.66. The number of carbonyl (C=O) groups is 1. The Morgan fingerprint density at radius 3 is 2.58 bits per heavy atom. The highest BCUT2D eigenvalue weighted by atomic mass is 35.5. The quantitative estimate of drug-likeness (QED) is 0.455. The molecule has 2 aliphatic rings. The predicted octanol–water partition coefficient (Wildman–Crippen LogP) is 5.49. The molecule has 2 atom stereocenters. The molecule has 0 saturated carbocycles. The van der Waals surface area contributed by atoms with E-state index in [1.54, 1.807) is 17.0 Å². The van der Waals surface area contributed by atoms with Crippen LogP contribution in [0.3, 0.4) is 0 Å². The zero-order valence-corrected chi connectivity index (χ0v) is 18.1. The lowest BCUT2D eigenvalue weighted by molar-refractivity contribution is -0.137. The maximum Gasteiger partial charge on any atom is 0.416 e. The molecule has 2 unspecified atom stereocenters. The molecule has 2 saturated heterocycles. The summed E-state index contributed by atoms with van der Waals surface area (Å²) in [6.07, 6.45) is 0.555. The largest absolute Gasteiger partial charge is 0.416 e. The molecule has 4 nitrogen and oxygen atoms in total. The molecule has 0 N–H and O–H groups in total. The zero-order valence-electron chi connectivity index (χ0n) is 17.3. The van der Waals surface area contributed by atoms with Crippen LogP contribution in [0.2, 0.25) is 5.15 Å². The molecule has 2 aliphatic heterocycles. The van der Waals surface area contributed by atoms with Crippen LogP contribution in [0.15, 0.2) is 30.3 Å². The van der Waals surface area contributed by atoms with Crippen LogP contribution in [-0.2, 0) is 11.0 Å². The third-order valence-corrected chi connectivity index (χ3v) is 6.72. The first-order valence-electron chi connectivity index (χ1n) is 10.6. The number of likely N-dealkylation sites (tertiary alicyclic amines) is 2. The summed E-state index contributed by atoms with van der Waals surface area (Å²) in [6.45, 7) is 4.70. The molecule has 2 fully saturated rings. The normalized spacial score (nSPS) is 22.7. The summed E-state index contributed by atoms with van der Waals surface area (Å²) in [5, 5.41) is 0.147. The summed E-state index contributed by atoms with van der Waals surface area (Å²) in [5.74, 6) is 0. The Morgan fingerprint density at radius 1 is 1.16 bits per heavy atom. The highest BCUT2D eigenvalue weighted by molar-refractivity contribution is 6.32. The molecule has 1 aromatic carbocycles. The maximum atomic E-state index is 13.1. The van der Waals surface area contributed by atoms with Crippen LogP contribution in [0.5, 0.6) is 0 Å². The number of nitrogens with zero attached hydrogens (tertiary/aromatic N) is 3. The van der Waals surface area contributed by atoms with Crippen LogP contribution in [-0.4, -0.2) is 46.9 Å². The van der Waals surface area contributed by atoms with Gasteiger partial charge in [-0.3, -0.25) is 4.79 Å². The molecular weight excluding hydrogens is 427 g/mol. The highest BCUT2D eigenvalue weighted by Gasteiger charge is 2.35. The lowest BCUT2D eigenvalue weighted by Crippen LogP contribution is -2.45. The molecular formula is C23H25ClF3N3O. The van der Waals surface area contributed by atoms with E-state index in [0.29, 0.717) is 23.7 Å². The number of hydrogen-bond acceptors (Lipinski definition) is 3. The van der Waals surface area contributed by atoms with Crippen molar-refractivity contribution in [2.75, 3.05) is 19.6 Å². The van der Waals surface area contributed by atoms with Crippen LogP contribution in [0.4, 0.5) is 13.2 Å². The van der Waals surface area contributed by atoms with Gasteiger partial charge in [-0.2, -0.15) is 13.2 Å². The fourth-order valence-electron chi connectivity index (χ4n) is 4.81. The number of carbonyl (C=O) groups excluding carboxylic acids is 1. The third kappa shape index (κ3) is 4.58. The maximum absolute atomic E-state index is 13.1. The first kappa shape index (κ1) is 22.1. The van der Waals surface area contributed by atoms with E-state index in [1.807, 2.05) is 6.92 Å². The van der Waals surface area contributed by atoms with Gasteiger partial charge in [0.2, 0.25) is 6.41 Å². The number of amides is 1. The van der Waals surface area contributed by atoms with E-state index < -0.39 is 11.7 Å². The fourth-order valence-corrected chi connectivity index (χ4v) is 5.06. The minimum atomic E-state index is -4.43. The summed E-state index contributed by atoms with van der Waals surface area (Å²) >= 11 is 6.47. The average Bonchev–Trinajstić information content (AvgIpc) is 3.29. The lowest BCUT2D eigenvalue weighted by Gasteiger charge is -2.41. The van der Waals surface area contributed by atoms with Crippen molar-refractivity contribution in [3.05, 3.63) is 52.3 Å². The molecule has 4 rings (SSSR count). The van der Waals surface area contributed by atoms with Gasteiger partial charge in [-0.15, -0.1) is 0 Å². The summed E-state index contributed by atoms with van der Waals surface area (Å²) in [4.78, 5) is 20.6. The van der Waals surface area contributed by atoms with Gasteiger partial charge in [0.15, 0.2) is 0 Å². The van der Waals surface area contributed by atoms with Gasteiger partial charge in [0, 0.05) is 18.2 Å². The Labute approximate surface area is 185 Å². The van der Waals surface area contributed by atoms with Gasteiger partial charge in [-0.25, -0.2) is 4.98 Å². The molecule has 1 amide bonds. The van der Waals surface area contributed by atoms with Gasteiger partial charge in [0.25, 0.3) is 0 Å². The van der Waals surface area contributed by atoms with Gasteiger partial charge in [0.05, 0.1) is 17.3 Å². The number of benzene rings is 1. The van der Waals surface area contributed by atoms with E-state index in [4.69, 9.17) is 11.6 Å². The Morgan fingerprint density at radius 2 is 1.90 bits per heavy atom. The minimum Gasteiger partial charge on any atom is -0.337 e. The summed E-state index contributed by atoms with van der Waals surface area (Å²) in [6, 6.07) is 7.07. The number of alkyl halides is 3. The van der Waals surface area contributed by atoms with Crippen molar-refractivity contribution in [3.8, 4) is 11.1 Å². The summed E-state index contributed by atoms with van der Waals surface area (Å²) in [7, 11) is 0. The van der Waals surface area contributed by atoms with E-state index in [9.17, 15) is 18.0 Å². The standard InChI is InChI=1S/C23H25ClF3N3O/c1-15-11-19(16-5-4-6-17(12-16)23(25,26)27)22(24)28-21(15)20-13-18(7-10-30(20)14-31)29-8-2-3-9-29/h4-6,11-12,14,18,20H,2-3,7-10,13H2,1H3. The molecule has 2 aromatic rings. The van der Waals surface area contributed by atoms with Crippen LogP contribution in [0.1, 0.15) is 48.5 Å². The first-order chi connectivity index (χ1) is 14.8. The topological polar surface area (TPSA) is 36.4 Å². The van der Waals surface area contributed by atoms with Crippen molar-refractivity contribution in [1.82, 2.24) is 14.8 Å². The number of rotatable bonds is 4. The van der Waals surface area contributed by atoms with Crippen molar-refractivity contribution >= 4 is 18.0 Å². The van der Waals surface area contributed by atoms with Crippen molar-refractivity contribution in [1.29, 1.82) is 0 Å². The second-order valence-corrected chi connectivity index (χ2v) is 8.75. The summed E-state index contributed by atoms with van der Waals surface area (Å²) < 4.78 is 39.4. The van der Waals surface area contributed by atoms with E-state index in [0.717, 1.165) is 55.7 Å². The van der Waals surface area contributed by atoms with Gasteiger partial charge >= 0.3 is 6.18 Å². The van der Waals surface area contributed by atoms with Crippen LogP contribution in [0.25, 0.3) is 11.1 Å². The number of pyridine rings is 1. The number of aryl methyl sites for hydroxylation is 1. The van der Waals surface area contributed by atoms with Gasteiger partial charge < -0.3 is 9.80 Å². The number of halogens is 4. The smallest absolute Gasteiger partial charge is 0.337 e.